The molecule has 0 fully saturated rings. The molecule has 0 saturated heterocycles. The van der Waals surface area contributed by atoms with Crippen molar-refractivity contribution in [1.82, 2.24) is 0 Å². The maximum absolute atomic E-state index is 11.9. The monoisotopic (exact) mass is 248 g/mol. The van der Waals surface area contributed by atoms with Crippen molar-refractivity contribution in [2.45, 2.75) is 25.3 Å². The molecule has 0 aliphatic rings. The Morgan fingerprint density at radius 3 is 2.75 bits per heavy atom. The van der Waals surface area contributed by atoms with Gasteiger partial charge in [-0.15, -0.1) is 11.6 Å². The molecule has 0 N–H and O–H groups in total. The highest BCUT2D eigenvalue weighted by Gasteiger charge is 2.16. The van der Waals surface area contributed by atoms with E-state index in [1.807, 2.05) is 0 Å². The first-order valence-corrected chi connectivity index (χ1v) is 5.21. The van der Waals surface area contributed by atoms with Gasteiger partial charge >= 0.3 is 6.61 Å². The van der Waals surface area contributed by atoms with Gasteiger partial charge in [-0.3, -0.25) is 4.79 Å². The van der Waals surface area contributed by atoms with Gasteiger partial charge in [0.1, 0.15) is 5.75 Å². The minimum atomic E-state index is -2.90. The Balaban J connectivity index is 2.85. The van der Waals surface area contributed by atoms with Gasteiger partial charge in [-0.2, -0.15) is 8.78 Å². The zero-order valence-electron chi connectivity index (χ0n) is 8.62. The summed E-state index contributed by atoms with van der Waals surface area (Å²) < 4.78 is 28.1. The third kappa shape index (κ3) is 3.45. The number of ether oxygens (including phenoxy) is 1. The molecule has 0 heterocycles. The molecule has 16 heavy (non-hydrogen) atoms. The third-order valence-electron chi connectivity index (χ3n) is 1.99. The van der Waals surface area contributed by atoms with E-state index >= 15 is 0 Å². The van der Waals surface area contributed by atoms with Crippen LogP contribution in [0.15, 0.2) is 24.3 Å². The lowest BCUT2D eigenvalue weighted by Crippen LogP contribution is -2.13. The first-order valence-electron chi connectivity index (χ1n) is 4.77. The summed E-state index contributed by atoms with van der Waals surface area (Å²) in [5.41, 5.74) is 0.278. The lowest BCUT2D eigenvalue weighted by Gasteiger charge is -2.08. The highest BCUT2D eigenvalue weighted by Crippen LogP contribution is 2.19. The Bertz CT molecular complexity index is 369. The normalized spacial score (nSPS) is 12.6. The van der Waals surface area contributed by atoms with Crippen molar-refractivity contribution in [2.24, 2.45) is 0 Å². The minimum absolute atomic E-state index is 0.0409. The van der Waals surface area contributed by atoms with E-state index in [9.17, 15) is 13.6 Å². The predicted octanol–water partition coefficient (Wildman–Crippen LogP) is 3.49. The molecule has 1 rings (SSSR count). The molecule has 0 saturated carbocycles. The van der Waals surface area contributed by atoms with Crippen molar-refractivity contribution >= 4 is 17.4 Å². The van der Waals surface area contributed by atoms with E-state index in [2.05, 4.69) is 4.74 Å². The van der Waals surface area contributed by atoms with Crippen LogP contribution in [0.1, 0.15) is 23.7 Å². The van der Waals surface area contributed by atoms with E-state index in [4.69, 9.17) is 11.6 Å². The van der Waals surface area contributed by atoms with E-state index in [-0.39, 0.29) is 17.1 Å². The van der Waals surface area contributed by atoms with Gasteiger partial charge in [0.25, 0.3) is 0 Å². The zero-order chi connectivity index (χ0) is 12.1. The molecule has 0 aliphatic heterocycles. The van der Waals surface area contributed by atoms with Gasteiger partial charge in [-0.25, -0.2) is 0 Å². The summed E-state index contributed by atoms with van der Waals surface area (Å²) in [4.78, 5) is 11.6. The van der Waals surface area contributed by atoms with Crippen molar-refractivity contribution in [3.05, 3.63) is 29.8 Å². The fraction of sp³-hybridized carbons (Fsp3) is 0.364. The van der Waals surface area contributed by atoms with Gasteiger partial charge < -0.3 is 4.74 Å². The third-order valence-corrected chi connectivity index (χ3v) is 2.49. The standard InChI is InChI=1S/C11H11ClF2O2/c1-2-9(12)10(15)7-4-3-5-8(6-7)16-11(13)14/h3-6,9,11H,2H2,1H3. The van der Waals surface area contributed by atoms with Gasteiger partial charge in [0, 0.05) is 5.56 Å². The summed E-state index contributed by atoms with van der Waals surface area (Å²) in [6.07, 6.45) is 0.486. The average Bonchev–Trinajstić information content (AvgIpc) is 2.26. The summed E-state index contributed by atoms with van der Waals surface area (Å²) in [5.74, 6) is -0.329. The van der Waals surface area contributed by atoms with E-state index in [0.717, 1.165) is 0 Å². The number of halogens is 3. The molecule has 0 aliphatic carbocycles. The maximum atomic E-state index is 11.9. The molecule has 0 spiro atoms. The molecule has 1 unspecified atom stereocenters. The van der Waals surface area contributed by atoms with Crippen LogP contribution in [0.25, 0.3) is 0 Å². The molecule has 1 aromatic carbocycles. The van der Waals surface area contributed by atoms with Crippen LogP contribution in [0.4, 0.5) is 8.78 Å². The molecule has 2 nitrogen and oxygen atoms in total. The lowest BCUT2D eigenvalue weighted by molar-refractivity contribution is -0.0498. The Kier molecular flexibility index (Phi) is 4.68. The summed E-state index contributed by atoms with van der Waals surface area (Å²) in [6, 6.07) is 5.62. The number of benzene rings is 1. The molecule has 0 aromatic heterocycles. The number of ketones is 1. The van der Waals surface area contributed by atoms with Gasteiger partial charge in [0.15, 0.2) is 5.78 Å². The zero-order valence-corrected chi connectivity index (χ0v) is 9.38. The van der Waals surface area contributed by atoms with Gasteiger partial charge in [-0.1, -0.05) is 19.1 Å². The SMILES string of the molecule is CCC(Cl)C(=O)c1cccc(OC(F)F)c1. The van der Waals surface area contributed by atoms with Gasteiger partial charge in [0.05, 0.1) is 5.38 Å². The Hall–Kier alpha value is -1.16. The number of hydrogen-bond acceptors (Lipinski definition) is 2. The van der Waals surface area contributed by atoms with Crippen molar-refractivity contribution in [3.63, 3.8) is 0 Å². The summed E-state index contributed by atoms with van der Waals surface area (Å²) in [7, 11) is 0. The largest absolute Gasteiger partial charge is 0.435 e. The average molecular weight is 249 g/mol. The van der Waals surface area contributed by atoms with Crippen LogP contribution >= 0.6 is 11.6 Å². The Labute approximate surface area is 97.2 Å². The van der Waals surface area contributed by atoms with Crippen LogP contribution in [-0.4, -0.2) is 17.8 Å². The lowest BCUT2D eigenvalue weighted by atomic mass is 10.1. The molecule has 1 atom stereocenters. The van der Waals surface area contributed by atoms with E-state index in [0.29, 0.717) is 6.42 Å². The number of carbonyl (C=O) groups excluding carboxylic acids is 1. The summed E-state index contributed by atoms with van der Waals surface area (Å²) in [6.45, 7) is -1.13. The molecule has 0 amide bonds. The second-order valence-corrected chi connectivity index (χ2v) is 3.67. The molecular weight excluding hydrogens is 238 g/mol. The molecule has 5 heteroatoms. The van der Waals surface area contributed by atoms with Crippen LogP contribution in [0, 0.1) is 0 Å². The first-order chi connectivity index (χ1) is 7.54. The van der Waals surface area contributed by atoms with E-state index < -0.39 is 12.0 Å². The second kappa shape index (κ2) is 5.80. The highest BCUT2D eigenvalue weighted by atomic mass is 35.5. The summed E-state index contributed by atoms with van der Waals surface area (Å²) >= 11 is 5.77. The fourth-order valence-corrected chi connectivity index (χ4v) is 1.32. The van der Waals surface area contributed by atoms with Crippen LogP contribution in [0.2, 0.25) is 0 Å². The minimum Gasteiger partial charge on any atom is -0.435 e. The molecular formula is C11H11ClF2O2. The van der Waals surface area contributed by atoms with Crippen LogP contribution < -0.4 is 4.74 Å². The molecule has 0 radical (unpaired) electrons. The molecule has 0 bridgehead atoms. The van der Waals surface area contributed by atoms with Crippen molar-refractivity contribution < 1.29 is 18.3 Å². The van der Waals surface area contributed by atoms with Crippen LogP contribution in [0.5, 0.6) is 5.75 Å². The fourth-order valence-electron chi connectivity index (χ4n) is 1.19. The summed E-state index contributed by atoms with van der Waals surface area (Å²) in [5, 5.41) is -0.637. The smallest absolute Gasteiger partial charge is 0.387 e. The maximum Gasteiger partial charge on any atom is 0.387 e. The van der Waals surface area contributed by atoms with Gasteiger partial charge in [0.2, 0.25) is 0 Å². The van der Waals surface area contributed by atoms with E-state index in [1.54, 1.807) is 6.92 Å². The number of hydrogen-bond donors (Lipinski definition) is 0. The predicted molar refractivity (Wildman–Crippen MR) is 57.3 cm³/mol. The number of rotatable bonds is 5. The van der Waals surface area contributed by atoms with Crippen molar-refractivity contribution in [2.75, 3.05) is 0 Å². The van der Waals surface area contributed by atoms with Crippen LogP contribution in [0.3, 0.4) is 0 Å². The molecule has 88 valence electrons. The topological polar surface area (TPSA) is 26.3 Å². The first kappa shape index (κ1) is 12.9. The second-order valence-electron chi connectivity index (χ2n) is 3.15. The van der Waals surface area contributed by atoms with E-state index in [1.165, 1.54) is 24.3 Å². The van der Waals surface area contributed by atoms with Gasteiger partial charge in [-0.05, 0) is 18.6 Å². The van der Waals surface area contributed by atoms with Crippen molar-refractivity contribution in [1.29, 1.82) is 0 Å². The number of alkyl halides is 3. The highest BCUT2D eigenvalue weighted by molar-refractivity contribution is 6.33. The Morgan fingerprint density at radius 1 is 1.50 bits per heavy atom. The van der Waals surface area contributed by atoms with Crippen molar-refractivity contribution in [3.8, 4) is 5.75 Å². The molecule has 1 aromatic rings. The quantitative estimate of drug-likeness (QED) is 0.589. The number of carbonyl (C=O) groups is 1. The van der Waals surface area contributed by atoms with Crippen LogP contribution in [-0.2, 0) is 0 Å². The Morgan fingerprint density at radius 2 is 2.19 bits per heavy atom. The number of Topliss-reactive ketones (excluding diaryl/α,β-unsaturated/α-hetero) is 1.